The van der Waals surface area contributed by atoms with E-state index in [1.54, 1.807) is 0 Å². The smallest absolute Gasteiger partial charge is 0.231 e. The SMILES string of the molecule is Cc1ccc(-c2noc(C3CCCN(C)C3)n2)nn1. The predicted octanol–water partition coefficient (Wildman–Crippen LogP) is 1.64. The lowest BCUT2D eigenvalue weighted by Crippen LogP contribution is -2.30. The van der Waals surface area contributed by atoms with Gasteiger partial charge in [-0.2, -0.15) is 10.1 Å². The van der Waals surface area contributed by atoms with E-state index in [-0.39, 0.29) is 0 Å². The highest BCUT2D eigenvalue weighted by atomic mass is 16.5. The predicted molar refractivity (Wildman–Crippen MR) is 69.5 cm³/mol. The van der Waals surface area contributed by atoms with Gasteiger partial charge >= 0.3 is 0 Å². The van der Waals surface area contributed by atoms with Crippen molar-refractivity contribution in [2.45, 2.75) is 25.7 Å². The monoisotopic (exact) mass is 259 g/mol. The van der Waals surface area contributed by atoms with Gasteiger partial charge in [-0.15, -0.1) is 5.10 Å². The molecule has 3 rings (SSSR count). The average Bonchev–Trinajstić information content (AvgIpc) is 2.89. The van der Waals surface area contributed by atoms with E-state index >= 15 is 0 Å². The molecular weight excluding hydrogens is 242 g/mol. The molecule has 1 saturated heterocycles. The molecule has 1 unspecified atom stereocenters. The normalized spacial score (nSPS) is 20.6. The van der Waals surface area contributed by atoms with Crippen molar-refractivity contribution in [1.82, 2.24) is 25.2 Å². The summed E-state index contributed by atoms with van der Waals surface area (Å²) in [7, 11) is 2.12. The molecule has 1 aliphatic heterocycles. The van der Waals surface area contributed by atoms with E-state index in [1.807, 2.05) is 19.1 Å². The number of likely N-dealkylation sites (tertiary alicyclic amines) is 1. The van der Waals surface area contributed by atoms with Gasteiger partial charge in [0.05, 0.1) is 11.6 Å². The standard InChI is InChI=1S/C13H17N5O/c1-9-5-6-11(16-15-9)12-14-13(19-17-12)10-4-3-7-18(2)8-10/h5-6,10H,3-4,7-8H2,1-2H3. The van der Waals surface area contributed by atoms with Crippen LogP contribution >= 0.6 is 0 Å². The summed E-state index contributed by atoms with van der Waals surface area (Å²) in [4.78, 5) is 6.76. The molecule has 1 aliphatic rings. The molecule has 0 bridgehead atoms. The Morgan fingerprint density at radius 2 is 2.21 bits per heavy atom. The molecule has 0 amide bonds. The first kappa shape index (κ1) is 12.2. The quantitative estimate of drug-likeness (QED) is 0.816. The Morgan fingerprint density at radius 3 is 2.95 bits per heavy atom. The van der Waals surface area contributed by atoms with Crippen molar-refractivity contribution in [3.8, 4) is 11.5 Å². The van der Waals surface area contributed by atoms with Crippen LogP contribution in [0.4, 0.5) is 0 Å². The van der Waals surface area contributed by atoms with Gasteiger partial charge in [-0.05, 0) is 45.5 Å². The van der Waals surface area contributed by atoms with Crippen molar-refractivity contribution in [3.05, 3.63) is 23.7 Å². The van der Waals surface area contributed by atoms with Crippen LogP contribution in [0.15, 0.2) is 16.7 Å². The lowest BCUT2D eigenvalue weighted by atomic mass is 9.98. The second-order valence-electron chi connectivity index (χ2n) is 5.12. The molecule has 6 nitrogen and oxygen atoms in total. The summed E-state index contributed by atoms with van der Waals surface area (Å²) in [5.41, 5.74) is 1.53. The molecule has 1 atom stereocenters. The largest absolute Gasteiger partial charge is 0.339 e. The van der Waals surface area contributed by atoms with Crippen LogP contribution in [-0.2, 0) is 0 Å². The highest BCUT2D eigenvalue weighted by Crippen LogP contribution is 2.26. The minimum absolute atomic E-state index is 0.332. The summed E-state index contributed by atoms with van der Waals surface area (Å²) in [5, 5.41) is 12.1. The molecule has 0 spiro atoms. The number of hydrogen-bond donors (Lipinski definition) is 0. The molecule has 0 N–H and O–H groups in total. The minimum atomic E-state index is 0.332. The maximum Gasteiger partial charge on any atom is 0.231 e. The lowest BCUT2D eigenvalue weighted by molar-refractivity contribution is 0.220. The van der Waals surface area contributed by atoms with Crippen molar-refractivity contribution < 1.29 is 4.52 Å². The zero-order valence-electron chi connectivity index (χ0n) is 11.2. The molecule has 0 aliphatic carbocycles. The van der Waals surface area contributed by atoms with Crippen molar-refractivity contribution in [2.24, 2.45) is 0 Å². The van der Waals surface area contributed by atoms with Crippen LogP contribution in [-0.4, -0.2) is 45.4 Å². The van der Waals surface area contributed by atoms with Crippen molar-refractivity contribution in [1.29, 1.82) is 0 Å². The third kappa shape index (κ3) is 2.63. The van der Waals surface area contributed by atoms with E-state index in [4.69, 9.17) is 4.52 Å². The van der Waals surface area contributed by atoms with Gasteiger partial charge in [0.15, 0.2) is 0 Å². The number of likely N-dealkylation sites (N-methyl/N-ethyl adjacent to an activating group) is 1. The van der Waals surface area contributed by atoms with E-state index < -0.39 is 0 Å². The van der Waals surface area contributed by atoms with Crippen molar-refractivity contribution >= 4 is 0 Å². The van der Waals surface area contributed by atoms with Crippen LogP contribution in [0.2, 0.25) is 0 Å². The fourth-order valence-corrected chi connectivity index (χ4v) is 2.39. The number of nitrogens with zero attached hydrogens (tertiary/aromatic N) is 5. The minimum Gasteiger partial charge on any atom is -0.339 e. The van der Waals surface area contributed by atoms with Crippen LogP contribution in [0, 0.1) is 6.92 Å². The molecule has 19 heavy (non-hydrogen) atoms. The van der Waals surface area contributed by atoms with Gasteiger partial charge in [-0.25, -0.2) is 0 Å². The Bertz CT molecular complexity index is 550. The second kappa shape index (κ2) is 5.05. The third-order valence-corrected chi connectivity index (χ3v) is 3.44. The summed E-state index contributed by atoms with van der Waals surface area (Å²) in [5.74, 6) is 1.57. The molecule has 0 saturated carbocycles. The highest BCUT2D eigenvalue weighted by molar-refractivity contribution is 5.46. The van der Waals surface area contributed by atoms with Gasteiger partial charge < -0.3 is 9.42 Å². The first-order chi connectivity index (χ1) is 9.22. The third-order valence-electron chi connectivity index (χ3n) is 3.44. The fourth-order valence-electron chi connectivity index (χ4n) is 2.39. The van der Waals surface area contributed by atoms with Gasteiger partial charge in [0.25, 0.3) is 0 Å². The molecular formula is C13H17N5O. The zero-order valence-corrected chi connectivity index (χ0v) is 11.2. The Balaban J connectivity index is 1.81. The van der Waals surface area contributed by atoms with E-state index in [2.05, 4.69) is 32.3 Å². The Hall–Kier alpha value is -1.82. The number of rotatable bonds is 2. The Kier molecular flexibility index (Phi) is 3.25. The van der Waals surface area contributed by atoms with Gasteiger partial charge in [-0.3, -0.25) is 0 Å². The first-order valence-electron chi connectivity index (χ1n) is 6.55. The van der Waals surface area contributed by atoms with Gasteiger partial charge in [0.2, 0.25) is 11.7 Å². The number of piperidine rings is 1. The summed E-state index contributed by atoms with van der Waals surface area (Å²) in [6.45, 7) is 4.01. The van der Waals surface area contributed by atoms with Crippen LogP contribution in [0.25, 0.3) is 11.5 Å². The summed E-state index contributed by atoms with van der Waals surface area (Å²) < 4.78 is 5.38. The van der Waals surface area contributed by atoms with Gasteiger partial charge in [-0.1, -0.05) is 5.16 Å². The molecule has 3 heterocycles. The fraction of sp³-hybridized carbons (Fsp3) is 0.538. The Morgan fingerprint density at radius 1 is 1.32 bits per heavy atom. The molecule has 100 valence electrons. The Labute approximate surface area is 111 Å². The van der Waals surface area contributed by atoms with E-state index in [0.717, 1.165) is 25.2 Å². The second-order valence-corrected chi connectivity index (χ2v) is 5.12. The summed E-state index contributed by atoms with van der Waals surface area (Å²) in [6.07, 6.45) is 2.27. The van der Waals surface area contributed by atoms with Crippen molar-refractivity contribution in [3.63, 3.8) is 0 Å². The maximum atomic E-state index is 5.38. The lowest BCUT2D eigenvalue weighted by Gasteiger charge is -2.27. The summed E-state index contributed by atoms with van der Waals surface area (Å²) >= 11 is 0. The average molecular weight is 259 g/mol. The number of hydrogen-bond acceptors (Lipinski definition) is 6. The topological polar surface area (TPSA) is 67.9 Å². The van der Waals surface area contributed by atoms with Crippen LogP contribution < -0.4 is 0 Å². The van der Waals surface area contributed by atoms with Crippen molar-refractivity contribution in [2.75, 3.05) is 20.1 Å². The molecule has 1 fully saturated rings. The van der Waals surface area contributed by atoms with E-state index in [9.17, 15) is 0 Å². The maximum absolute atomic E-state index is 5.38. The molecule has 6 heteroatoms. The molecule has 2 aromatic rings. The zero-order chi connectivity index (χ0) is 13.2. The number of aromatic nitrogens is 4. The molecule has 0 aromatic carbocycles. The van der Waals surface area contributed by atoms with Gasteiger partial charge in [0.1, 0.15) is 5.69 Å². The highest BCUT2D eigenvalue weighted by Gasteiger charge is 2.24. The first-order valence-corrected chi connectivity index (χ1v) is 6.55. The van der Waals surface area contributed by atoms with Crippen LogP contribution in [0.1, 0.15) is 30.3 Å². The van der Waals surface area contributed by atoms with Crippen LogP contribution in [0.5, 0.6) is 0 Å². The summed E-state index contributed by atoms with van der Waals surface area (Å²) in [6, 6.07) is 3.76. The van der Waals surface area contributed by atoms with Gasteiger partial charge in [0, 0.05) is 6.54 Å². The molecule has 2 aromatic heterocycles. The molecule has 0 radical (unpaired) electrons. The van der Waals surface area contributed by atoms with E-state index in [1.165, 1.54) is 6.42 Å². The number of aryl methyl sites for hydroxylation is 1. The van der Waals surface area contributed by atoms with Crippen LogP contribution in [0.3, 0.4) is 0 Å². The van der Waals surface area contributed by atoms with E-state index in [0.29, 0.717) is 23.3 Å².